The van der Waals surface area contributed by atoms with Crippen LogP contribution in [0.5, 0.6) is 0 Å². The van der Waals surface area contributed by atoms with Crippen LogP contribution >= 0.6 is 11.6 Å². The number of likely N-dealkylation sites (tertiary alicyclic amines) is 1. The number of amides is 1. The lowest BCUT2D eigenvalue weighted by molar-refractivity contribution is -0.143. The average molecular weight is 285 g/mol. The van der Waals surface area contributed by atoms with Crippen molar-refractivity contribution < 1.29 is 14.7 Å². The third-order valence-corrected chi connectivity index (χ3v) is 3.89. The molecule has 2 rings (SSSR count). The second-order valence-corrected chi connectivity index (χ2v) is 5.51. The first-order chi connectivity index (χ1) is 8.90. The number of carbonyl (C=O) groups excluding carboxylic acids is 1. The number of aryl methyl sites for hydroxylation is 1. The summed E-state index contributed by atoms with van der Waals surface area (Å²) >= 11 is 5.88. The largest absolute Gasteiger partial charge is 0.481 e. The van der Waals surface area contributed by atoms with Gasteiger partial charge in [-0.15, -0.1) is 0 Å². The van der Waals surface area contributed by atoms with Crippen LogP contribution in [0.15, 0.2) is 12.3 Å². The Morgan fingerprint density at radius 1 is 1.42 bits per heavy atom. The first-order valence-electron chi connectivity index (χ1n) is 6.25. The van der Waals surface area contributed by atoms with Crippen LogP contribution in [0.2, 0.25) is 5.02 Å². The summed E-state index contributed by atoms with van der Waals surface area (Å²) in [6.45, 7) is 2.21. The number of aliphatic carboxylic acids is 1. The topological polar surface area (TPSA) is 62.5 Å². The van der Waals surface area contributed by atoms with Crippen molar-refractivity contribution in [2.75, 3.05) is 6.54 Å². The van der Waals surface area contributed by atoms with Gasteiger partial charge in [-0.1, -0.05) is 11.6 Å². The molecule has 0 aliphatic carbocycles. The summed E-state index contributed by atoms with van der Waals surface area (Å²) in [5.41, 5.74) is 0.489. The van der Waals surface area contributed by atoms with Crippen LogP contribution in [-0.4, -0.2) is 39.0 Å². The highest BCUT2D eigenvalue weighted by molar-refractivity contribution is 6.31. The molecule has 2 atom stereocenters. The maximum Gasteiger partial charge on any atom is 0.308 e. The van der Waals surface area contributed by atoms with Crippen LogP contribution < -0.4 is 0 Å². The van der Waals surface area contributed by atoms with Crippen molar-refractivity contribution >= 4 is 23.5 Å². The lowest BCUT2D eigenvalue weighted by Crippen LogP contribution is -2.47. The Kier molecular flexibility index (Phi) is 3.85. The van der Waals surface area contributed by atoms with Gasteiger partial charge in [-0.25, -0.2) is 0 Å². The van der Waals surface area contributed by atoms with E-state index in [-0.39, 0.29) is 18.5 Å². The summed E-state index contributed by atoms with van der Waals surface area (Å²) in [7, 11) is 1.75. The summed E-state index contributed by atoms with van der Waals surface area (Å²) in [6, 6.07) is 1.66. The van der Waals surface area contributed by atoms with Crippen LogP contribution in [0.1, 0.15) is 30.3 Å². The molecule has 19 heavy (non-hydrogen) atoms. The molecule has 0 radical (unpaired) electrons. The van der Waals surface area contributed by atoms with Crippen molar-refractivity contribution in [1.29, 1.82) is 0 Å². The maximum atomic E-state index is 12.5. The summed E-state index contributed by atoms with van der Waals surface area (Å²) in [5, 5.41) is 9.59. The molecule has 1 aromatic rings. The highest BCUT2D eigenvalue weighted by atomic mass is 35.5. The van der Waals surface area contributed by atoms with Crippen molar-refractivity contribution in [2.45, 2.75) is 25.8 Å². The minimum atomic E-state index is -0.838. The quantitative estimate of drug-likeness (QED) is 0.903. The van der Waals surface area contributed by atoms with Gasteiger partial charge in [0.1, 0.15) is 5.69 Å². The van der Waals surface area contributed by atoms with Gasteiger partial charge in [-0.3, -0.25) is 9.59 Å². The molecule has 1 aromatic heterocycles. The Morgan fingerprint density at radius 2 is 2.11 bits per heavy atom. The summed E-state index contributed by atoms with van der Waals surface area (Å²) in [5.74, 6) is -1.47. The fourth-order valence-corrected chi connectivity index (χ4v) is 2.73. The number of rotatable bonds is 2. The summed E-state index contributed by atoms with van der Waals surface area (Å²) in [4.78, 5) is 25.2. The van der Waals surface area contributed by atoms with Gasteiger partial charge in [0.15, 0.2) is 0 Å². The van der Waals surface area contributed by atoms with Gasteiger partial charge in [0.25, 0.3) is 5.91 Å². The molecule has 0 aromatic carbocycles. The Balaban J connectivity index is 2.21. The van der Waals surface area contributed by atoms with E-state index in [2.05, 4.69) is 0 Å². The first-order valence-corrected chi connectivity index (χ1v) is 6.63. The zero-order chi connectivity index (χ0) is 14.2. The van der Waals surface area contributed by atoms with E-state index in [1.165, 1.54) is 0 Å². The number of piperidine rings is 1. The smallest absolute Gasteiger partial charge is 0.308 e. The molecule has 1 amide bonds. The van der Waals surface area contributed by atoms with Gasteiger partial charge >= 0.3 is 5.97 Å². The number of aromatic nitrogens is 1. The number of hydrogen-bond donors (Lipinski definition) is 1. The van der Waals surface area contributed by atoms with Crippen LogP contribution in [0, 0.1) is 5.92 Å². The summed E-state index contributed by atoms with van der Waals surface area (Å²) in [6.07, 6.45) is 2.99. The number of carbonyl (C=O) groups is 2. The van der Waals surface area contributed by atoms with E-state index >= 15 is 0 Å². The molecule has 2 heterocycles. The lowest BCUT2D eigenvalue weighted by Gasteiger charge is -2.36. The molecule has 2 unspecified atom stereocenters. The second-order valence-electron chi connectivity index (χ2n) is 5.07. The average Bonchev–Trinajstić information content (AvgIpc) is 2.68. The number of carboxylic acid groups (broad SMARTS) is 1. The Morgan fingerprint density at radius 3 is 2.63 bits per heavy atom. The molecular weight excluding hydrogens is 268 g/mol. The fraction of sp³-hybridized carbons (Fsp3) is 0.538. The molecule has 104 valence electrons. The number of halogens is 1. The fourth-order valence-electron chi connectivity index (χ4n) is 2.48. The third-order valence-electron chi connectivity index (χ3n) is 3.68. The molecule has 0 bridgehead atoms. The normalized spacial score (nSPS) is 23.4. The van der Waals surface area contributed by atoms with Gasteiger partial charge in [0.2, 0.25) is 0 Å². The molecule has 1 N–H and O–H groups in total. The minimum Gasteiger partial charge on any atom is -0.481 e. The van der Waals surface area contributed by atoms with Crippen molar-refractivity contribution in [1.82, 2.24) is 9.47 Å². The van der Waals surface area contributed by atoms with E-state index in [0.29, 0.717) is 23.6 Å². The van der Waals surface area contributed by atoms with Gasteiger partial charge in [-0.05, 0) is 25.8 Å². The van der Waals surface area contributed by atoms with E-state index in [4.69, 9.17) is 16.7 Å². The van der Waals surface area contributed by atoms with Crippen molar-refractivity contribution in [2.24, 2.45) is 13.0 Å². The molecule has 1 saturated heterocycles. The minimum absolute atomic E-state index is 0.0526. The lowest BCUT2D eigenvalue weighted by atomic mass is 9.93. The van der Waals surface area contributed by atoms with E-state index in [1.54, 1.807) is 28.8 Å². The van der Waals surface area contributed by atoms with Crippen molar-refractivity contribution in [3.8, 4) is 0 Å². The Hall–Kier alpha value is -1.49. The zero-order valence-corrected chi connectivity index (χ0v) is 11.7. The van der Waals surface area contributed by atoms with E-state index < -0.39 is 11.9 Å². The predicted molar refractivity (Wildman–Crippen MR) is 71.3 cm³/mol. The predicted octanol–water partition coefficient (Wildman–Crippen LogP) is 2.00. The second kappa shape index (κ2) is 5.25. The van der Waals surface area contributed by atoms with E-state index in [1.807, 2.05) is 6.92 Å². The molecule has 0 spiro atoms. The van der Waals surface area contributed by atoms with Gasteiger partial charge < -0.3 is 14.6 Å². The Labute approximate surface area is 116 Å². The number of carboxylic acids is 1. The molecule has 1 aliphatic heterocycles. The third kappa shape index (κ3) is 2.76. The summed E-state index contributed by atoms with van der Waals surface area (Å²) < 4.78 is 1.67. The number of nitrogens with zero attached hydrogens (tertiary/aromatic N) is 2. The highest BCUT2D eigenvalue weighted by Gasteiger charge is 2.33. The number of hydrogen-bond acceptors (Lipinski definition) is 2. The zero-order valence-electron chi connectivity index (χ0n) is 11.0. The Bertz CT molecular complexity index is 512. The van der Waals surface area contributed by atoms with E-state index in [9.17, 15) is 9.59 Å². The SMILES string of the molecule is CC1CCC(C(=O)O)CN1C(=O)c1cc(Cl)cn1C. The molecular formula is C13H17ClN2O3. The first kappa shape index (κ1) is 13.9. The van der Waals surface area contributed by atoms with Gasteiger partial charge in [-0.2, -0.15) is 0 Å². The van der Waals surface area contributed by atoms with Gasteiger partial charge in [0, 0.05) is 25.8 Å². The molecule has 6 heteroatoms. The van der Waals surface area contributed by atoms with Crippen molar-refractivity contribution in [3.63, 3.8) is 0 Å². The molecule has 1 aliphatic rings. The highest BCUT2D eigenvalue weighted by Crippen LogP contribution is 2.25. The van der Waals surface area contributed by atoms with Gasteiger partial charge in [0.05, 0.1) is 10.9 Å². The standard InChI is InChI=1S/C13H17ClN2O3/c1-8-3-4-9(13(18)19)6-16(8)12(17)11-5-10(14)7-15(11)2/h5,7-9H,3-4,6H2,1-2H3,(H,18,19). The van der Waals surface area contributed by atoms with Crippen LogP contribution in [0.25, 0.3) is 0 Å². The molecule has 1 fully saturated rings. The molecule has 0 saturated carbocycles. The van der Waals surface area contributed by atoms with E-state index in [0.717, 1.165) is 0 Å². The van der Waals surface area contributed by atoms with Crippen molar-refractivity contribution in [3.05, 3.63) is 23.0 Å². The molecule has 5 nitrogen and oxygen atoms in total. The van der Waals surface area contributed by atoms with Crippen LogP contribution in [0.4, 0.5) is 0 Å². The maximum absolute atomic E-state index is 12.5. The van der Waals surface area contributed by atoms with Crippen LogP contribution in [-0.2, 0) is 11.8 Å². The monoisotopic (exact) mass is 284 g/mol. The van der Waals surface area contributed by atoms with Crippen LogP contribution in [0.3, 0.4) is 0 Å².